The first-order valence-electron chi connectivity index (χ1n) is 10.9. The predicted octanol–water partition coefficient (Wildman–Crippen LogP) is 5.34. The van der Waals surface area contributed by atoms with Gasteiger partial charge in [-0.25, -0.2) is 0 Å². The molecule has 0 spiro atoms. The zero-order valence-corrected chi connectivity index (χ0v) is 19.5. The second kappa shape index (κ2) is 9.69. The number of rotatable bonds is 5. The Hall–Kier alpha value is -4.79. The molecule has 0 fully saturated rings. The van der Waals surface area contributed by atoms with Crippen LogP contribution in [0.3, 0.4) is 0 Å². The second-order valence-corrected chi connectivity index (χ2v) is 8.10. The van der Waals surface area contributed by atoms with Crippen LogP contribution in [0.25, 0.3) is 11.8 Å². The van der Waals surface area contributed by atoms with Gasteiger partial charge in [0.1, 0.15) is 30.5 Å². The fraction of sp³-hybridized carbons (Fsp3) is 0.200. The molecular weight excluding hydrogens is 493 g/mol. The third-order valence-electron chi connectivity index (χ3n) is 5.67. The number of nitro groups is 1. The molecular formula is C25H19F3N4O5. The number of nitriles is 1. The van der Waals surface area contributed by atoms with Gasteiger partial charge in [-0.1, -0.05) is 6.07 Å². The van der Waals surface area contributed by atoms with Crippen molar-refractivity contribution in [1.29, 1.82) is 5.26 Å². The van der Waals surface area contributed by atoms with Crippen LogP contribution >= 0.6 is 0 Å². The van der Waals surface area contributed by atoms with Crippen molar-refractivity contribution in [3.63, 3.8) is 0 Å². The summed E-state index contributed by atoms with van der Waals surface area (Å²) in [4.78, 5) is 23.7. The molecule has 2 heterocycles. The number of hydrogen-bond acceptors (Lipinski definition) is 6. The van der Waals surface area contributed by atoms with Crippen molar-refractivity contribution < 1.29 is 32.4 Å². The lowest BCUT2D eigenvalue weighted by Gasteiger charge is -2.19. The van der Waals surface area contributed by atoms with Crippen molar-refractivity contribution in [1.82, 2.24) is 4.57 Å². The normalized spacial score (nSPS) is 13.1. The van der Waals surface area contributed by atoms with E-state index in [9.17, 15) is 33.3 Å². The van der Waals surface area contributed by atoms with E-state index in [4.69, 9.17) is 9.47 Å². The predicted molar refractivity (Wildman–Crippen MR) is 127 cm³/mol. The summed E-state index contributed by atoms with van der Waals surface area (Å²) >= 11 is 0. The van der Waals surface area contributed by atoms with E-state index < -0.39 is 28.3 Å². The summed E-state index contributed by atoms with van der Waals surface area (Å²) in [7, 11) is 0. The maximum absolute atomic E-state index is 13.2. The number of nitro benzene ring substituents is 1. The molecule has 9 nitrogen and oxygen atoms in total. The van der Waals surface area contributed by atoms with Crippen molar-refractivity contribution in [3.05, 3.63) is 80.7 Å². The minimum Gasteiger partial charge on any atom is -0.486 e. The Morgan fingerprint density at radius 1 is 1.16 bits per heavy atom. The molecule has 37 heavy (non-hydrogen) atoms. The topological polar surface area (TPSA) is 119 Å². The fourth-order valence-corrected chi connectivity index (χ4v) is 3.98. The summed E-state index contributed by atoms with van der Waals surface area (Å²) in [5.41, 5.74) is -0.0720. The first-order chi connectivity index (χ1) is 17.5. The molecule has 1 aliphatic rings. The second-order valence-electron chi connectivity index (χ2n) is 8.10. The van der Waals surface area contributed by atoms with Crippen LogP contribution in [0.5, 0.6) is 11.5 Å². The Kier molecular flexibility index (Phi) is 6.63. The summed E-state index contributed by atoms with van der Waals surface area (Å²) in [6.07, 6.45) is -3.25. The number of amides is 1. The number of anilines is 1. The monoisotopic (exact) mass is 512 g/mol. The van der Waals surface area contributed by atoms with E-state index in [1.165, 1.54) is 24.3 Å². The SMILES string of the molecule is Cc1cc(C=C(C#N)C(=O)Nc2cc3c(cc2[N+](=O)[O-])OCCO3)c(C)n1-c1cccc(C(F)(F)F)c1. The van der Waals surface area contributed by atoms with Crippen molar-refractivity contribution in [2.75, 3.05) is 18.5 Å². The molecule has 0 aliphatic carbocycles. The first-order valence-corrected chi connectivity index (χ1v) is 10.9. The van der Waals surface area contributed by atoms with Crippen LogP contribution < -0.4 is 14.8 Å². The Morgan fingerprint density at radius 3 is 2.46 bits per heavy atom. The number of nitrogens with zero attached hydrogens (tertiary/aromatic N) is 3. The zero-order valence-electron chi connectivity index (χ0n) is 19.5. The van der Waals surface area contributed by atoms with Gasteiger partial charge in [-0.15, -0.1) is 0 Å². The molecule has 2 aromatic carbocycles. The smallest absolute Gasteiger partial charge is 0.416 e. The third-order valence-corrected chi connectivity index (χ3v) is 5.67. The maximum Gasteiger partial charge on any atom is 0.416 e. The summed E-state index contributed by atoms with van der Waals surface area (Å²) in [6, 6.07) is 10.5. The molecule has 1 N–H and O–H groups in total. The third kappa shape index (κ3) is 5.11. The number of carbonyl (C=O) groups is 1. The molecule has 0 unspecified atom stereocenters. The molecule has 4 rings (SSSR count). The highest BCUT2D eigenvalue weighted by Crippen LogP contribution is 2.39. The number of carbonyl (C=O) groups excluding carboxylic acids is 1. The van der Waals surface area contributed by atoms with Gasteiger partial charge >= 0.3 is 6.18 Å². The van der Waals surface area contributed by atoms with Gasteiger partial charge in [0.25, 0.3) is 11.6 Å². The largest absolute Gasteiger partial charge is 0.486 e. The number of aromatic nitrogens is 1. The van der Waals surface area contributed by atoms with E-state index in [-0.39, 0.29) is 41.7 Å². The quantitative estimate of drug-likeness (QED) is 0.213. The zero-order chi connectivity index (χ0) is 26.9. The van der Waals surface area contributed by atoms with Crippen LogP contribution in [0.4, 0.5) is 24.5 Å². The summed E-state index contributed by atoms with van der Waals surface area (Å²) in [5.74, 6) is -0.542. The Morgan fingerprint density at radius 2 is 1.84 bits per heavy atom. The van der Waals surface area contributed by atoms with Gasteiger partial charge in [-0.05, 0) is 49.8 Å². The van der Waals surface area contributed by atoms with Crippen molar-refractivity contribution in [3.8, 4) is 23.3 Å². The summed E-state index contributed by atoms with van der Waals surface area (Å²) in [6.45, 7) is 3.76. The Labute approximate surface area is 208 Å². The Balaban J connectivity index is 1.68. The van der Waals surface area contributed by atoms with Gasteiger partial charge in [0.15, 0.2) is 11.5 Å². The lowest BCUT2D eigenvalue weighted by atomic mass is 10.1. The van der Waals surface area contributed by atoms with Gasteiger partial charge in [0, 0.05) is 23.1 Å². The van der Waals surface area contributed by atoms with Gasteiger partial charge in [-0.3, -0.25) is 14.9 Å². The van der Waals surface area contributed by atoms with Crippen LogP contribution in [-0.4, -0.2) is 28.6 Å². The molecule has 1 amide bonds. The average molecular weight is 512 g/mol. The van der Waals surface area contributed by atoms with Crippen molar-refractivity contribution in [2.45, 2.75) is 20.0 Å². The average Bonchev–Trinajstić information content (AvgIpc) is 3.13. The highest BCUT2D eigenvalue weighted by molar-refractivity contribution is 6.10. The number of fused-ring (bicyclic) bond motifs is 1. The van der Waals surface area contributed by atoms with Crippen LogP contribution in [0.15, 0.2) is 48.0 Å². The molecule has 0 radical (unpaired) electrons. The van der Waals surface area contributed by atoms with E-state index in [1.54, 1.807) is 30.6 Å². The maximum atomic E-state index is 13.2. The molecule has 0 bridgehead atoms. The summed E-state index contributed by atoms with van der Waals surface area (Å²) in [5, 5.41) is 23.5. The van der Waals surface area contributed by atoms with E-state index in [0.717, 1.165) is 18.2 Å². The minimum atomic E-state index is -4.52. The van der Waals surface area contributed by atoms with E-state index in [2.05, 4.69) is 5.32 Å². The van der Waals surface area contributed by atoms with E-state index >= 15 is 0 Å². The standard InChI is InChI=1S/C25H19F3N4O5/c1-14-8-16(15(2)31(14)19-5-3-4-18(10-19)25(26,27)28)9-17(13-29)24(33)30-20-11-22-23(37-7-6-36-22)12-21(20)32(34)35/h3-5,8-12H,6-7H2,1-2H3,(H,30,33). The molecule has 190 valence electrons. The minimum absolute atomic E-state index is 0.161. The fourth-order valence-electron chi connectivity index (χ4n) is 3.98. The number of benzene rings is 2. The molecule has 3 aromatic rings. The van der Waals surface area contributed by atoms with Crippen LogP contribution in [0, 0.1) is 35.3 Å². The first kappa shape index (κ1) is 25.3. The van der Waals surface area contributed by atoms with Crippen LogP contribution in [-0.2, 0) is 11.0 Å². The lowest BCUT2D eigenvalue weighted by Crippen LogP contribution is -2.18. The Bertz CT molecular complexity index is 1480. The summed E-state index contributed by atoms with van der Waals surface area (Å²) < 4.78 is 51.9. The van der Waals surface area contributed by atoms with E-state index in [0.29, 0.717) is 17.0 Å². The molecule has 0 saturated carbocycles. The number of aryl methyl sites for hydroxylation is 1. The van der Waals surface area contributed by atoms with E-state index in [1.807, 2.05) is 0 Å². The van der Waals surface area contributed by atoms with Crippen LogP contribution in [0.1, 0.15) is 22.5 Å². The number of halogens is 3. The number of alkyl halides is 3. The number of ether oxygens (including phenoxy) is 2. The highest BCUT2D eigenvalue weighted by Gasteiger charge is 2.31. The van der Waals surface area contributed by atoms with Gasteiger partial charge in [0.05, 0.1) is 16.6 Å². The molecule has 12 heteroatoms. The van der Waals surface area contributed by atoms with Crippen molar-refractivity contribution >= 4 is 23.4 Å². The number of hydrogen-bond donors (Lipinski definition) is 1. The van der Waals surface area contributed by atoms with Gasteiger partial charge in [0.2, 0.25) is 0 Å². The number of nitrogens with one attached hydrogen (secondary N) is 1. The van der Waals surface area contributed by atoms with Crippen molar-refractivity contribution in [2.24, 2.45) is 0 Å². The highest BCUT2D eigenvalue weighted by atomic mass is 19.4. The lowest BCUT2D eigenvalue weighted by molar-refractivity contribution is -0.384. The molecule has 1 aliphatic heterocycles. The van der Waals surface area contributed by atoms with Gasteiger partial charge in [-0.2, -0.15) is 18.4 Å². The van der Waals surface area contributed by atoms with Crippen LogP contribution in [0.2, 0.25) is 0 Å². The van der Waals surface area contributed by atoms with Gasteiger partial charge < -0.3 is 19.4 Å². The molecule has 1 aromatic heterocycles. The molecule has 0 saturated heterocycles. The molecule has 0 atom stereocenters.